The Balaban J connectivity index is 1.89. The van der Waals surface area contributed by atoms with Crippen LogP contribution in [-0.2, 0) is 11.2 Å². The maximum atomic E-state index is 12.5. The number of aliphatic hydroxyl groups is 1. The van der Waals surface area contributed by atoms with Crippen LogP contribution in [0.15, 0.2) is 57.7 Å². The van der Waals surface area contributed by atoms with Crippen LogP contribution in [0.4, 0.5) is 0 Å². The van der Waals surface area contributed by atoms with Crippen molar-refractivity contribution in [3.8, 4) is 28.2 Å². The van der Waals surface area contributed by atoms with Crippen LogP contribution < -0.4 is 10.7 Å². The van der Waals surface area contributed by atoms with Crippen LogP contribution in [0.25, 0.3) is 33.4 Å². The third-order valence-electron chi connectivity index (χ3n) is 6.49. The van der Waals surface area contributed by atoms with Gasteiger partial charge in [-0.1, -0.05) is 6.07 Å². The van der Waals surface area contributed by atoms with Crippen LogP contribution in [0.1, 0.15) is 53.0 Å². The largest absolute Gasteiger partial charge is 0.508 e. The van der Waals surface area contributed by atoms with E-state index < -0.39 is 17.5 Å². The van der Waals surface area contributed by atoms with E-state index >= 15 is 0 Å². The molecule has 0 radical (unpaired) electrons. The number of amides is 1. The summed E-state index contributed by atoms with van der Waals surface area (Å²) in [6, 6.07) is 10.7. The Bertz CT molecular complexity index is 1630. The zero-order chi connectivity index (χ0) is 28.5. The van der Waals surface area contributed by atoms with Crippen LogP contribution in [0, 0.1) is 0 Å². The summed E-state index contributed by atoms with van der Waals surface area (Å²) < 4.78 is 5.90. The first-order valence-corrected chi connectivity index (χ1v) is 12.2. The van der Waals surface area contributed by atoms with E-state index in [9.17, 15) is 39.6 Å². The van der Waals surface area contributed by atoms with Gasteiger partial charge >= 0.3 is 11.9 Å². The number of carboxylic acids is 2. The quantitative estimate of drug-likeness (QED) is 0.200. The molecular weight excluding hydrogens is 506 g/mol. The van der Waals surface area contributed by atoms with Gasteiger partial charge in [-0.05, 0) is 68.1 Å². The molecule has 5 N–H and O–H groups in total. The summed E-state index contributed by atoms with van der Waals surface area (Å²) in [4.78, 5) is 48.3. The molecule has 2 aromatic rings. The number of carbonyl (C=O) groups is 3. The van der Waals surface area contributed by atoms with Crippen LogP contribution in [0.3, 0.4) is 0 Å². The number of aryl methyl sites for hydroxylation is 1. The third kappa shape index (κ3) is 5.75. The van der Waals surface area contributed by atoms with Crippen molar-refractivity contribution >= 4 is 28.8 Å². The fraction of sp³-hybridized carbons (Fsp3) is 0.241. The average molecular weight is 534 g/mol. The van der Waals surface area contributed by atoms with Crippen molar-refractivity contribution in [1.29, 1.82) is 0 Å². The van der Waals surface area contributed by atoms with E-state index in [1.54, 1.807) is 19.9 Å². The van der Waals surface area contributed by atoms with E-state index in [1.165, 1.54) is 36.4 Å². The maximum Gasteiger partial charge on any atom is 0.336 e. The summed E-state index contributed by atoms with van der Waals surface area (Å²) in [5.41, 5.74) is 0.102. The monoisotopic (exact) mass is 533 g/mol. The van der Waals surface area contributed by atoms with E-state index in [2.05, 4.69) is 5.32 Å². The summed E-state index contributed by atoms with van der Waals surface area (Å²) in [7, 11) is 0. The number of aliphatic hydroxyl groups excluding tert-OH is 1. The highest BCUT2D eigenvalue weighted by atomic mass is 16.4. The lowest BCUT2D eigenvalue weighted by molar-refractivity contribution is -0.122. The molecule has 39 heavy (non-hydrogen) atoms. The Morgan fingerprint density at radius 1 is 0.949 bits per heavy atom. The molecule has 0 spiro atoms. The van der Waals surface area contributed by atoms with E-state index in [0.717, 1.165) is 6.07 Å². The molecule has 0 atom stereocenters. The predicted molar refractivity (Wildman–Crippen MR) is 142 cm³/mol. The van der Waals surface area contributed by atoms with Gasteiger partial charge in [-0.25, -0.2) is 9.59 Å². The number of hydrogen-bond donors (Lipinski definition) is 5. The number of aromatic carboxylic acids is 2. The molecule has 1 amide bonds. The highest BCUT2D eigenvalue weighted by Crippen LogP contribution is 2.43. The van der Waals surface area contributed by atoms with E-state index in [-0.39, 0.29) is 64.6 Å². The second-order valence-electron chi connectivity index (χ2n) is 9.89. The Morgan fingerprint density at radius 2 is 1.67 bits per heavy atom. The lowest BCUT2D eigenvalue weighted by atomic mass is 9.89. The molecular formula is C29H27NO9. The van der Waals surface area contributed by atoms with Crippen molar-refractivity contribution in [2.45, 2.75) is 38.6 Å². The summed E-state index contributed by atoms with van der Waals surface area (Å²) >= 11 is 0. The minimum Gasteiger partial charge on any atom is -0.508 e. The molecule has 0 saturated heterocycles. The van der Waals surface area contributed by atoms with Gasteiger partial charge in [0.15, 0.2) is 5.43 Å². The highest BCUT2D eigenvalue weighted by molar-refractivity contribution is 6.08. The topological polar surface area (TPSA) is 174 Å². The molecule has 0 fully saturated rings. The molecule has 0 aromatic heterocycles. The highest BCUT2D eigenvalue weighted by Gasteiger charge is 2.24. The van der Waals surface area contributed by atoms with Gasteiger partial charge in [0.05, 0.1) is 11.1 Å². The number of fused-ring (bicyclic) bond motifs is 2. The number of carbonyl (C=O) groups excluding carboxylic acids is 1. The second-order valence-corrected chi connectivity index (χ2v) is 9.89. The van der Waals surface area contributed by atoms with Crippen LogP contribution in [0.5, 0.6) is 5.75 Å². The molecule has 2 aromatic carbocycles. The van der Waals surface area contributed by atoms with Crippen molar-refractivity contribution < 1.29 is 39.2 Å². The fourth-order valence-corrected chi connectivity index (χ4v) is 4.54. The fourth-order valence-electron chi connectivity index (χ4n) is 4.54. The Labute approximate surface area is 222 Å². The van der Waals surface area contributed by atoms with Gasteiger partial charge in [0, 0.05) is 47.2 Å². The van der Waals surface area contributed by atoms with Crippen molar-refractivity contribution in [1.82, 2.24) is 5.32 Å². The Kier molecular flexibility index (Phi) is 7.42. The summed E-state index contributed by atoms with van der Waals surface area (Å²) in [6.45, 7) is 3.49. The number of rotatable bonds is 9. The molecule has 202 valence electrons. The van der Waals surface area contributed by atoms with Gasteiger partial charge in [0.1, 0.15) is 17.1 Å². The number of hydrogen-bond acceptors (Lipinski definition) is 7. The van der Waals surface area contributed by atoms with Crippen LogP contribution in [0.2, 0.25) is 0 Å². The lowest BCUT2D eigenvalue weighted by Gasteiger charge is -2.25. The first kappa shape index (κ1) is 27.3. The molecule has 1 aliphatic heterocycles. The third-order valence-corrected chi connectivity index (χ3v) is 6.49. The first-order valence-electron chi connectivity index (χ1n) is 12.2. The van der Waals surface area contributed by atoms with Crippen molar-refractivity contribution in [3.05, 3.63) is 75.4 Å². The first-order chi connectivity index (χ1) is 18.4. The van der Waals surface area contributed by atoms with Crippen molar-refractivity contribution in [2.24, 2.45) is 0 Å². The molecule has 1 aliphatic carbocycles. The number of phenols is 1. The zero-order valence-electron chi connectivity index (χ0n) is 21.3. The summed E-state index contributed by atoms with van der Waals surface area (Å²) in [6.07, 6.45) is 0.542. The number of aromatic hydroxyl groups is 1. The van der Waals surface area contributed by atoms with E-state index in [0.29, 0.717) is 28.5 Å². The van der Waals surface area contributed by atoms with Crippen LogP contribution in [-0.4, -0.2) is 50.4 Å². The predicted octanol–water partition coefficient (Wildman–Crippen LogP) is 3.88. The van der Waals surface area contributed by atoms with Gasteiger partial charge in [-0.2, -0.15) is 0 Å². The second kappa shape index (κ2) is 10.6. The normalized spacial score (nSPS) is 11.6. The summed E-state index contributed by atoms with van der Waals surface area (Å²) in [5.74, 6) is -2.92. The number of benzene rings is 3. The van der Waals surface area contributed by atoms with Gasteiger partial charge in [0.2, 0.25) is 5.91 Å². The van der Waals surface area contributed by atoms with Gasteiger partial charge in [0.25, 0.3) is 0 Å². The minimum absolute atomic E-state index is 0.0290. The van der Waals surface area contributed by atoms with Gasteiger partial charge in [-0.15, -0.1) is 0 Å². The molecule has 0 unspecified atom stereocenters. The smallest absolute Gasteiger partial charge is 0.336 e. The summed E-state index contributed by atoms with van der Waals surface area (Å²) in [5, 5.41) is 42.5. The molecule has 2 aliphatic rings. The molecule has 10 heteroatoms. The van der Waals surface area contributed by atoms with E-state index in [1.807, 2.05) is 0 Å². The SMILES string of the molecule is CC(C)(CCO)NC(=O)CCc1cc2c(-c3ccc(C(=O)O)cc3C(=O)O)c3ccc(=O)cc-3oc2cc1O. The average Bonchev–Trinajstić information content (AvgIpc) is 2.85. The van der Waals surface area contributed by atoms with Gasteiger partial charge in [-0.3, -0.25) is 9.59 Å². The molecule has 0 saturated carbocycles. The number of carboxylic acid groups (broad SMARTS) is 2. The van der Waals surface area contributed by atoms with Gasteiger partial charge < -0.3 is 30.2 Å². The number of nitrogens with one attached hydrogen (secondary N) is 1. The molecule has 1 heterocycles. The maximum absolute atomic E-state index is 12.5. The lowest BCUT2D eigenvalue weighted by Crippen LogP contribution is -2.44. The minimum atomic E-state index is -1.35. The van der Waals surface area contributed by atoms with Crippen LogP contribution >= 0.6 is 0 Å². The van der Waals surface area contributed by atoms with E-state index in [4.69, 9.17) is 4.42 Å². The zero-order valence-corrected chi connectivity index (χ0v) is 21.3. The molecule has 10 nitrogen and oxygen atoms in total. The Hall–Kier alpha value is -4.70. The molecule has 0 bridgehead atoms. The standard InChI is InChI=1S/C29H27NO9/c1-29(2,9-10-31)30-25(34)8-4-15-11-21-24(14-22(15)33)39-23-13-17(32)5-7-19(23)26(21)18-6-3-16(27(35)36)12-20(18)28(37)38/h3,5-7,11-14,31,33H,4,8-10H2,1-2H3,(H,30,34)(H,35,36)(H,37,38). The number of phenolic OH excluding ortho intramolecular Hbond substituents is 1. The Morgan fingerprint density at radius 3 is 2.33 bits per heavy atom. The molecule has 4 rings (SSSR count). The van der Waals surface area contributed by atoms with Crippen molar-refractivity contribution in [3.63, 3.8) is 0 Å². The van der Waals surface area contributed by atoms with Crippen molar-refractivity contribution in [2.75, 3.05) is 6.61 Å².